The summed E-state index contributed by atoms with van der Waals surface area (Å²) in [6.45, 7) is 2.80. The Labute approximate surface area is 139 Å². The average molecular weight is 318 g/mol. The fourth-order valence-electron chi connectivity index (χ4n) is 2.91. The number of benzene rings is 2. The molecule has 0 saturated heterocycles. The number of ether oxygens (including phenoxy) is 1. The highest BCUT2D eigenvalue weighted by molar-refractivity contribution is 6.06. The number of nitrogen functional groups attached to an aromatic ring is 1. The molecule has 0 unspecified atom stereocenters. The highest BCUT2D eigenvalue weighted by atomic mass is 16.5. The Morgan fingerprint density at radius 1 is 1.17 bits per heavy atom. The molecule has 4 rings (SSSR count). The van der Waals surface area contributed by atoms with E-state index in [1.807, 2.05) is 30.3 Å². The standard InChI is InChI=1S/C19H18N4O/c1-2-9-24-16-6-4-3-5-13(16)12-7-8-14-15(10-12)23-19(20)18-17(14)21-11-22-18/h3-8,10-11H,2,9H2,1H3,(H2,20,23)(H,21,22). The normalized spacial score (nSPS) is 11.2. The highest BCUT2D eigenvalue weighted by Crippen LogP contribution is 2.33. The van der Waals surface area contributed by atoms with Gasteiger partial charge in [-0.25, -0.2) is 9.97 Å². The number of pyridine rings is 1. The third kappa shape index (κ3) is 2.34. The van der Waals surface area contributed by atoms with E-state index in [9.17, 15) is 0 Å². The maximum Gasteiger partial charge on any atom is 0.150 e. The summed E-state index contributed by atoms with van der Waals surface area (Å²) >= 11 is 0. The van der Waals surface area contributed by atoms with E-state index < -0.39 is 0 Å². The first-order valence-electron chi connectivity index (χ1n) is 8.02. The van der Waals surface area contributed by atoms with E-state index in [4.69, 9.17) is 10.5 Å². The first-order chi connectivity index (χ1) is 11.8. The Kier molecular flexibility index (Phi) is 3.54. The third-order valence-corrected chi connectivity index (χ3v) is 4.05. The number of hydrogen-bond donors (Lipinski definition) is 2. The Hall–Kier alpha value is -3.08. The van der Waals surface area contributed by atoms with Crippen molar-refractivity contribution in [3.05, 3.63) is 48.8 Å². The fraction of sp³-hybridized carbons (Fsp3) is 0.158. The van der Waals surface area contributed by atoms with Crippen LogP contribution >= 0.6 is 0 Å². The maximum absolute atomic E-state index is 6.04. The number of imidazole rings is 1. The van der Waals surface area contributed by atoms with E-state index in [1.54, 1.807) is 6.33 Å². The molecule has 0 bridgehead atoms. The van der Waals surface area contributed by atoms with E-state index in [1.165, 1.54) is 0 Å². The van der Waals surface area contributed by atoms with E-state index in [0.717, 1.165) is 45.2 Å². The van der Waals surface area contributed by atoms with Crippen LogP contribution in [0, 0.1) is 0 Å². The number of nitrogens with zero attached hydrogens (tertiary/aromatic N) is 2. The average Bonchev–Trinajstić information content (AvgIpc) is 3.10. The van der Waals surface area contributed by atoms with Crippen molar-refractivity contribution < 1.29 is 4.74 Å². The number of aromatic nitrogens is 3. The molecule has 2 aromatic carbocycles. The Bertz CT molecular complexity index is 1020. The van der Waals surface area contributed by atoms with Crippen LogP contribution in [0.5, 0.6) is 5.75 Å². The van der Waals surface area contributed by atoms with Crippen LogP contribution in [0.15, 0.2) is 48.8 Å². The van der Waals surface area contributed by atoms with Crippen molar-refractivity contribution in [1.29, 1.82) is 0 Å². The number of nitrogens with one attached hydrogen (secondary N) is 1. The van der Waals surface area contributed by atoms with Gasteiger partial charge in [0.25, 0.3) is 0 Å². The zero-order chi connectivity index (χ0) is 16.5. The second-order valence-electron chi connectivity index (χ2n) is 5.70. The molecule has 24 heavy (non-hydrogen) atoms. The lowest BCUT2D eigenvalue weighted by molar-refractivity contribution is 0.318. The molecule has 0 aliphatic carbocycles. The van der Waals surface area contributed by atoms with Crippen LogP contribution in [0.1, 0.15) is 13.3 Å². The molecule has 0 atom stereocenters. The van der Waals surface area contributed by atoms with E-state index in [2.05, 4.69) is 34.0 Å². The minimum atomic E-state index is 0.461. The molecule has 2 heterocycles. The molecular weight excluding hydrogens is 300 g/mol. The van der Waals surface area contributed by atoms with Crippen molar-refractivity contribution in [2.24, 2.45) is 0 Å². The molecule has 2 aromatic heterocycles. The van der Waals surface area contributed by atoms with Gasteiger partial charge in [0.1, 0.15) is 22.6 Å². The van der Waals surface area contributed by atoms with Crippen molar-refractivity contribution in [2.45, 2.75) is 13.3 Å². The number of fused-ring (bicyclic) bond motifs is 3. The Morgan fingerprint density at radius 2 is 2.04 bits per heavy atom. The molecule has 0 spiro atoms. The maximum atomic E-state index is 6.04. The van der Waals surface area contributed by atoms with Gasteiger partial charge in [-0.2, -0.15) is 0 Å². The van der Waals surface area contributed by atoms with Crippen LogP contribution in [-0.4, -0.2) is 21.6 Å². The predicted octanol–water partition coefficient (Wildman–Crippen LogP) is 4.15. The molecular formula is C19H18N4O. The SMILES string of the molecule is CCCOc1ccccc1-c1ccc2c(c1)nc(N)c1[nH]cnc12. The fourth-order valence-corrected chi connectivity index (χ4v) is 2.91. The smallest absolute Gasteiger partial charge is 0.150 e. The monoisotopic (exact) mass is 318 g/mol. The van der Waals surface area contributed by atoms with Crippen LogP contribution in [0.3, 0.4) is 0 Å². The van der Waals surface area contributed by atoms with Gasteiger partial charge in [-0.15, -0.1) is 0 Å². The van der Waals surface area contributed by atoms with Gasteiger partial charge < -0.3 is 15.5 Å². The minimum Gasteiger partial charge on any atom is -0.493 e. The number of aromatic amines is 1. The lowest BCUT2D eigenvalue weighted by Gasteiger charge is -2.11. The van der Waals surface area contributed by atoms with Gasteiger partial charge in [0.2, 0.25) is 0 Å². The third-order valence-electron chi connectivity index (χ3n) is 4.05. The van der Waals surface area contributed by atoms with Gasteiger partial charge in [0, 0.05) is 10.9 Å². The molecule has 0 amide bonds. The number of H-pyrrole nitrogens is 1. The lowest BCUT2D eigenvalue weighted by Crippen LogP contribution is -1.97. The highest BCUT2D eigenvalue weighted by Gasteiger charge is 2.11. The second-order valence-corrected chi connectivity index (χ2v) is 5.70. The Balaban J connectivity index is 1.88. The van der Waals surface area contributed by atoms with Gasteiger partial charge >= 0.3 is 0 Å². The van der Waals surface area contributed by atoms with Gasteiger partial charge in [-0.05, 0) is 30.2 Å². The van der Waals surface area contributed by atoms with Crippen LogP contribution in [0.2, 0.25) is 0 Å². The van der Waals surface area contributed by atoms with Crippen molar-refractivity contribution in [2.75, 3.05) is 12.3 Å². The molecule has 0 aliphatic rings. The van der Waals surface area contributed by atoms with E-state index >= 15 is 0 Å². The lowest BCUT2D eigenvalue weighted by atomic mass is 10.0. The first-order valence-corrected chi connectivity index (χ1v) is 8.02. The van der Waals surface area contributed by atoms with Crippen molar-refractivity contribution in [1.82, 2.24) is 15.0 Å². The topological polar surface area (TPSA) is 76.8 Å². The van der Waals surface area contributed by atoms with Crippen LogP contribution in [0.4, 0.5) is 5.82 Å². The second kappa shape index (κ2) is 5.85. The van der Waals surface area contributed by atoms with Crippen molar-refractivity contribution >= 4 is 27.8 Å². The predicted molar refractivity (Wildman–Crippen MR) is 97.0 cm³/mol. The molecule has 0 aliphatic heterocycles. The first kappa shape index (κ1) is 14.5. The summed E-state index contributed by atoms with van der Waals surface area (Å²) in [6, 6.07) is 14.2. The minimum absolute atomic E-state index is 0.461. The molecule has 4 aromatic rings. The van der Waals surface area contributed by atoms with Gasteiger partial charge in [-0.1, -0.05) is 31.2 Å². The number of rotatable bonds is 4. The van der Waals surface area contributed by atoms with Crippen LogP contribution < -0.4 is 10.5 Å². The Morgan fingerprint density at radius 3 is 2.92 bits per heavy atom. The summed E-state index contributed by atoms with van der Waals surface area (Å²) in [5.74, 6) is 1.34. The quantitative estimate of drug-likeness (QED) is 0.592. The summed E-state index contributed by atoms with van der Waals surface area (Å²) < 4.78 is 5.87. The molecule has 0 saturated carbocycles. The molecule has 5 heteroatoms. The summed E-state index contributed by atoms with van der Waals surface area (Å²) in [5, 5.41) is 0.983. The summed E-state index contributed by atoms with van der Waals surface area (Å²) in [4.78, 5) is 11.9. The van der Waals surface area contributed by atoms with Crippen molar-refractivity contribution in [3.63, 3.8) is 0 Å². The molecule has 3 N–H and O–H groups in total. The van der Waals surface area contributed by atoms with Crippen LogP contribution in [-0.2, 0) is 0 Å². The van der Waals surface area contributed by atoms with E-state index in [0.29, 0.717) is 12.4 Å². The summed E-state index contributed by atoms with van der Waals surface area (Å²) in [6.07, 6.45) is 2.62. The number of anilines is 1. The largest absolute Gasteiger partial charge is 0.493 e. The van der Waals surface area contributed by atoms with E-state index in [-0.39, 0.29) is 0 Å². The van der Waals surface area contributed by atoms with Gasteiger partial charge in [-0.3, -0.25) is 0 Å². The zero-order valence-electron chi connectivity index (χ0n) is 13.4. The summed E-state index contributed by atoms with van der Waals surface area (Å²) in [5.41, 5.74) is 10.6. The number of hydrogen-bond acceptors (Lipinski definition) is 4. The zero-order valence-corrected chi connectivity index (χ0v) is 13.4. The number of nitrogens with two attached hydrogens (primary N) is 1. The van der Waals surface area contributed by atoms with Gasteiger partial charge in [0.05, 0.1) is 18.5 Å². The van der Waals surface area contributed by atoms with Gasteiger partial charge in [0.15, 0.2) is 0 Å². The molecule has 120 valence electrons. The summed E-state index contributed by atoms with van der Waals surface area (Å²) in [7, 11) is 0. The number of para-hydroxylation sites is 1. The van der Waals surface area contributed by atoms with Crippen molar-refractivity contribution in [3.8, 4) is 16.9 Å². The molecule has 0 fully saturated rings. The molecule has 5 nitrogen and oxygen atoms in total. The van der Waals surface area contributed by atoms with Crippen LogP contribution in [0.25, 0.3) is 33.1 Å². The molecule has 0 radical (unpaired) electrons.